The summed E-state index contributed by atoms with van der Waals surface area (Å²) in [6, 6.07) is 13.5. The molecular formula is C23H23BrClN5O2S. The number of para-hydroxylation sites is 2. The van der Waals surface area contributed by atoms with Gasteiger partial charge in [-0.15, -0.1) is 12.4 Å². The van der Waals surface area contributed by atoms with Crippen LogP contribution in [-0.4, -0.2) is 65.2 Å². The molecule has 0 unspecified atom stereocenters. The van der Waals surface area contributed by atoms with Crippen molar-refractivity contribution >= 4 is 72.0 Å². The number of benzene rings is 2. The van der Waals surface area contributed by atoms with E-state index in [9.17, 15) is 4.79 Å². The molecule has 1 saturated heterocycles. The number of fused-ring (bicyclic) bond motifs is 2. The zero-order valence-corrected chi connectivity index (χ0v) is 21.0. The summed E-state index contributed by atoms with van der Waals surface area (Å²) < 4.78 is 7.46. The highest BCUT2D eigenvalue weighted by Gasteiger charge is 2.23. The number of ether oxygens (including phenoxy) is 1. The third kappa shape index (κ3) is 5.50. The number of halogens is 2. The quantitative estimate of drug-likeness (QED) is 0.345. The second-order valence-electron chi connectivity index (χ2n) is 7.62. The molecule has 5 rings (SSSR count). The zero-order valence-electron chi connectivity index (χ0n) is 17.8. The SMILES string of the molecule is Cl.O=C(c1cnc2ccccc2n1)N(CCCN1CCOCC1)c1nc2ccc(Br)cc2s1. The number of nitrogens with zero attached hydrogens (tertiary/aromatic N) is 5. The lowest BCUT2D eigenvalue weighted by atomic mass is 10.2. The van der Waals surface area contributed by atoms with Gasteiger partial charge in [0.2, 0.25) is 0 Å². The van der Waals surface area contributed by atoms with Gasteiger partial charge in [-0.05, 0) is 36.8 Å². The van der Waals surface area contributed by atoms with Crippen LogP contribution in [0.5, 0.6) is 0 Å². The molecule has 0 atom stereocenters. The molecule has 3 heterocycles. The van der Waals surface area contributed by atoms with Gasteiger partial charge in [-0.2, -0.15) is 0 Å². The van der Waals surface area contributed by atoms with Crippen LogP contribution >= 0.6 is 39.7 Å². The minimum Gasteiger partial charge on any atom is -0.379 e. The molecule has 0 spiro atoms. The summed E-state index contributed by atoms with van der Waals surface area (Å²) in [5.74, 6) is -0.177. The first-order valence-electron chi connectivity index (χ1n) is 10.6. The van der Waals surface area contributed by atoms with Crippen LogP contribution < -0.4 is 4.90 Å². The standard InChI is InChI=1S/C23H22BrN5O2S.ClH/c24-16-6-7-19-21(14-16)32-23(27-19)29(9-3-8-28-10-12-31-13-11-28)22(30)20-15-25-17-4-1-2-5-18(17)26-20;/h1-2,4-7,14-15H,3,8-13H2;1H. The van der Waals surface area contributed by atoms with E-state index in [0.717, 1.165) is 59.5 Å². The van der Waals surface area contributed by atoms with Crippen LogP contribution in [0.1, 0.15) is 16.9 Å². The molecule has 1 amide bonds. The molecule has 1 fully saturated rings. The average molecular weight is 549 g/mol. The Hall–Kier alpha value is -2.17. The minimum atomic E-state index is -0.177. The van der Waals surface area contributed by atoms with Crippen molar-refractivity contribution in [2.24, 2.45) is 0 Å². The van der Waals surface area contributed by atoms with Gasteiger partial charge in [0.1, 0.15) is 5.69 Å². The van der Waals surface area contributed by atoms with Crippen molar-refractivity contribution in [2.45, 2.75) is 6.42 Å². The van der Waals surface area contributed by atoms with Crippen LogP contribution in [0.3, 0.4) is 0 Å². The first-order chi connectivity index (χ1) is 15.7. The van der Waals surface area contributed by atoms with Crippen LogP contribution in [-0.2, 0) is 4.74 Å². The van der Waals surface area contributed by atoms with Crippen molar-refractivity contribution in [1.29, 1.82) is 0 Å². The number of hydrogen-bond donors (Lipinski definition) is 0. The van der Waals surface area contributed by atoms with Gasteiger partial charge in [-0.25, -0.2) is 9.97 Å². The minimum absolute atomic E-state index is 0. The first-order valence-corrected chi connectivity index (χ1v) is 12.2. The maximum atomic E-state index is 13.6. The predicted octanol–water partition coefficient (Wildman–Crippen LogP) is 4.79. The Balaban J connectivity index is 0.00000259. The van der Waals surface area contributed by atoms with Crippen LogP contribution in [0.15, 0.2) is 53.1 Å². The second-order valence-corrected chi connectivity index (χ2v) is 9.54. The summed E-state index contributed by atoms with van der Waals surface area (Å²) in [6.07, 6.45) is 2.40. The summed E-state index contributed by atoms with van der Waals surface area (Å²) in [4.78, 5) is 31.4. The van der Waals surface area contributed by atoms with Crippen molar-refractivity contribution in [3.8, 4) is 0 Å². The third-order valence-corrected chi connectivity index (χ3v) is 6.98. The lowest BCUT2D eigenvalue weighted by Gasteiger charge is -2.27. The molecule has 0 N–H and O–H groups in total. The molecular weight excluding hydrogens is 526 g/mol. The largest absolute Gasteiger partial charge is 0.379 e. The predicted molar refractivity (Wildman–Crippen MR) is 138 cm³/mol. The van der Waals surface area contributed by atoms with E-state index < -0.39 is 0 Å². The average Bonchev–Trinajstić information content (AvgIpc) is 3.24. The van der Waals surface area contributed by atoms with E-state index in [1.54, 1.807) is 11.1 Å². The summed E-state index contributed by atoms with van der Waals surface area (Å²) in [5.41, 5.74) is 2.69. The van der Waals surface area contributed by atoms with E-state index in [1.807, 2.05) is 42.5 Å². The molecule has 1 aliphatic rings. The van der Waals surface area contributed by atoms with Crippen LogP contribution in [0.4, 0.5) is 5.13 Å². The van der Waals surface area contributed by atoms with E-state index in [1.165, 1.54) is 11.3 Å². The van der Waals surface area contributed by atoms with Crippen molar-refractivity contribution in [2.75, 3.05) is 44.3 Å². The topological polar surface area (TPSA) is 71.5 Å². The number of hydrogen-bond acceptors (Lipinski definition) is 7. The molecule has 1 aliphatic heterocycles. The Labute approximate surface area is 210 Å². The summed E-state index contributed by atoms with van der Waals surface area (Å²) >= 11 is 5.03. The molecule has 2 aromatic heterocycles. The van der Waals surface area contributed by atoms with E-state index in [-0.39, 0.29) is 18.3 Å². The number of morpholine rings is 1. The van der Waals surface area contributed by atoms with Gasteiger partial charge < -0.3 is 4.74 Å². The van der Waals surface area contributed by atoms with E-state index in [4.69, 9.17) is 9.72 Å². The van der Waals surface area contributed by atoms with E-state index in [2.05, 4.69) is 30.8 Å². The molecule has 2 aromatic carbocycles. The Morgan fingerprint density at radius 2 is 1.88 bits per heavy atom. The molecule has 33 heavy (non-hydrogen) atoms. The molecule has 0 aliphatic carbocycles. The Kier molecular flexibility index (Phi) is 7.87. The highest BCUT2D eigenvalue weighted by Crippen LogP contribution is 2.31. The number of carbonyl (C=O) groups is 1. The van der Waals surface area contributed by atoms with E-state index in [0.29, 0.717) is 22.9 Å². The van der Waals surface area contributed by atoms with Gasteiger partial charge in [0.05, 0.1) is 40.7 Å². The fourth-order valence-electron chi connectivity index (χ4n) is 3.76. The lowest BCUT2D eigenvalue weighted by Crippen LogP contribution is -2.39. The van der Waals surface area contributed by atoms with Crippen molar-refractivity contribution in [3.05, 3.63) is 58.8 Å². The number of anilines is 1. The number of aromatic nitrogens is 3. The van der Waals surface area contributed by atoms with Gasteiger partial charge in [0.15, 0.2) is 5.13 Å². The second kappa shape index (κ2) is 10.8. The van der Waals surface area contributed by atoms with Crippen LogP contribution in [0.25, 0.3) is 21.3 Å². The van der Waals surface area contributed by atoms with Gasteiger partial charge in [0.25, 0.3) is 5.91 Å². The zero-order chi connectivity index (χ0) is 21.9. The summed E-state index contributed by atoms with van der Waals surface area (Å²) in [7, 11) is 0. The number of carbonyl (C=O) groups excluding carboxylic acids is 1. The number of thiazole rings is 1. The highest BCUT2D eigenvalue weighted by molar-refractivity contribution is 9.10. The lowest BCUT2D eigenvalue weighted by molar-refractivity contribution is 0.0376. The number of amides is 1. The van der Waals surface area contributed by atoms with Gasteiger partial charge in [-0.1, -0.05) is 39.4 Å². The molecule has 172 valence electrons. The van der Waals surface area contributed by atoms with Gasteiger partial charge in [-0.3, -0.25) is 19.6 Å². The molecule has 0 bridgehead atoms. The smallest absolute Gasteiger partial charge is 0.280 e. The monoisotopic (exact) mass is 547 g/mol. The molecule has 4 aromatic rings. The Morgan fingerprint density at radius 3 is 2.70 bits per heavy atom. The fraction of sp³-hybridized carbons (Fsp3) is 0.304. The summed E-state index contributed by atoms with van der Waals surface area (Å²) in [6.45, 7) is 4.86. The van der Waals surface area contributed by atoms with Gasteiger partial charge >= 0.3 is 0 Å². The van der Waals surface area contributed by atoms with Crippen molar-refractivity contribution < 1.29 is 9.53 Å². The van der Waals surface area contributed by atoms with E-state index >= 15 is 0 Å². The first kappa shape index (κ1) is 24.0. The Bertz CT molecular complexity index is 1260. The summed E-state index contributed by atoms with van der Waals surface area (Å²) in [5, 5.41) is 0.681. The third-order valence-electron chi connectivity index (χ3n) is 5.44. The molecule has 10 heteroatoms. The molecule has 0 radical (unpaired) electrons. The maximum absolute atomic E-state index is 13.6. The number of rotatable bonds is 6. The molecule has 7 nitrogen and oxygen atoms in total. The van der Waals surface area contributed by atoms with Gasteiger partial charge in [0, 0.05) is 30.7 Å². The van der Waals surface area contributed by atoms with Crippen LogP contribution in [0, 0.1) is 0 Å². The van der Waals surface area contributed by atoms with Crippen molar-refractivity contribution in [3.63, 3.8) is 0 Å². The maximum Gasteiger partial charge on any atom is 0.280 e. The van der Waals surface area contributed by atoms with Crippen LogP contribution in [0.2, 0.25) is 0 Å². The highest BCUT2D eigenvalue weighted by atomic mass is 79.9. The fourth-order valence-corrected chi connectivity index (χ4v) is 5.30. The Morgan fingerprint density at radius 1 is 1.09 bits per heavy atom. The van der Waals surface area contributed by atoms with Crippen molar-refractivity contribution in [1.82, 2.24) is 19.9 Å². The molecule has 0 saturated carbocycles. The normalized spacial score (nSPS) is 14.3.